The molecule has 2 N–H and O–H groups in total. The number of benzene rings is 2. The lowest BCUT2D eigenvalue weighted by Gasteiger charge is -2.12. The average molecular weight is 431 g/mol. The van der Waals surface area contributed by atoms with Crippen molar-refractivity contribution in [3.8, 4) is 0 Å². The number of para-hydroxylation sites is 2. The molecule has 32 heavy (non-hydrogen) atoms. The summed E-state index contributed by atoms with van der Waals surface area (Å²) in [5.41, 5.74) is 4.59. The molecule has 166 valence electrons. The number of nitrogens with zero attached hydrogens (tertiary/aromatic N) is 6. The summed E-state index contributed by atoms with van der Waals surface area (Å²) < 4.78 is 4.24. The Morgan fingerprint density at radius 1 is 0.938 bits per heavy atom. The van der Waals surface area contributed by atoms with Crippen LogP contribution in [0, 0.1) is 0 Å². The number of hydrogen-bond donors (Lipinski definition) is 2. The molecule has 0 atom stereocenters. The van der Waals surface area contributed by atoms with E-state index in [2.05, 4.69) is 79.1 Å². The molecule has 0 bridgehead atoms. The van der Waals surface area contributed by atoms with Crippen molar-refractivity contribution in [3.63, 3.8) is 0 Å². The summed E-state index contributed by atoms with van der Waals surface area (Å²) in [6.07, 6.45) is 4.56. The van der Waals surface area contributed by atoms with E-state index in [9.17, 15) is 0 Å². The van der Waals surface area contributed by atoms with E-state index in [0.717, 1.165) is 55.4 Å². The molecule has 4 rings (SSSR count). The number of aliphatic imine (C=N–C) groups is 1. The van der Waals surface area contributed by atoms with Gasteiger partial charge in [-0.05, 0) is 30.2 Å². The van der Waals surface area contributed by atoms with E-state index in [4.69, 9.17) is 4.99 Å². The van der Waals surface area contributed by atoms with Gasteiger partial charge in [-0.1, -0.05) is 43.3 Å². The lowest BCUT2D eigenvalue weighted by Crippen LogP contribution is -2.38. The van der Waals surface area contributed by atoms with Crippen LogP contribution in [0.25, 0.3) is 11.0 Å². The van der Waals surface area contributed by atoms with E-state index in [1.807, 2.05) is 24.5 Å². The summed E-state index contributed by atoms with van der Waals surface area (Å²) in [5.74, 6) is 1.81. The van der Waals surface area contributed by atoms with Crippen molar-refractivity contribution in [1.29, 1.82) is 0 Å². The molecule has 0 saturated heterocycles. The minimum absolute atomic E-state index is 0.621. The van der Waals surface area contributed by atoms with Crippen molar-refractivity contribution < 1.29 is 0 Å². The Kier molecular flexibility index (Phi) is 7.12. The van der Waals surface area contributed by atoms with Crippen LogP contribution in [0.5, 0.6) is 0 Å². The van der Waals surface area contributed by atoms with Crippen molar-refractivity contribution in [2.75, 3.05) is 13.1 Å². The van der Waals surface area contributed by atoms with Gasteiger partial charge >= 0.3 is 0 Å². The molecule has 2 heterocycles. The van der Waals surface area contributed by atoms with Crippen LogP contribution in [0.15, 0.2) is 66.2 Å². The van der Waals surface area contributed by atoms with Crippen molar-refractivity contribution in [2.45, 2.75) is 39.9 Å². The van der Waals surface area contributed by atoms with Gasteiger partial charge in [0.25, 0.3) is 0 Å². The maximum Gasteiger partial charge on any atom is 0.191 e. The first-order valence-corrected chi connectivity index (χ1v) is 11.1. The second kappa shape index (κ2) is 10.6. The van der Waals surface area contributed by atoms with E-state index in [-0.39, 0.29) is 0 Å². The third kappa shape index (κ3) is 5.32. The predicted octanol–water partition coefficient (Wildman–Crippen LogP) is 2.99. The summed E-state index contributed by atoms with van der Waals surface area (Å²) in [5, 5.41) is 14.8. The van der Waals surface area contributed by atoms with Crippen LogP contribution in [0.1, 0.15) is 30.8 Å². The molecule has 0 radical (unpaired) electrons. The Hall–Kier alpha value is -3.68. The molecule has 0 spiro atoms. The van der Waals surface area contributed by atoms with Crippen molar-refractivity contribution in [3.05, 3.63) is 78.1 Å². The number of fused-ring (bicyclic) bond motifs is 1. The molecule has 2 aromatic heterocycles. The third-order valence-electron chi connectivity index (χ3n) is 5.32. The van der Waals surface area contributed by atoms with E-state index < -0.39 is 0 Å². The maximum absolute atomic E-state index is 4.73. The van der Waals surface area contributed by atoms with Gasteiger partial charge in [-0.15, -0.1) is 10.2 Å². The molecule has 0 saturated carbocycles. The van der Waals surface area contributed by atoms with Crippen LogP contribution < -0.4 is 10.6 Å². The SMILES string of the molecule is CCNC(=NCc1ccc(Cn2cnc3ccccc32)cc1)NCCn1cnnc1CC. The topological polar surface area (TPSA) is 85.0 Å². The van der Waals surface area contributed by atoms with Crippen LogP contribution in [-0.2, 0) is 26.1 Å². The van der Waals surface area contributed by atoms with E-state index in [1.165, 1.54) is 11.1 Å². The lowest BCUT2D eigenvalue weighted by atomic mass is 10.1. The summed E-state index contributed by atoms with van der Waals surface area (Å²) >= 11 is 0. The Balaban J connectivity index is 1.33. The first kappa shape index (κ1) is 21.5. The summed E-state index contributed by atoms with van der Waals surface area (Å²) in [6, 6.07) is 16.8. The summed E-state index contributed by atoms with van der Waals surface area (Å²) in [4.78, 5) is 9.20. The fourth-order valence-electron chi connectivity index (χ4n) is 3.63. The number of rotatable bonds is 9. The zero-order valence-electron chi connectivity index (χ0n) is 18.7. The molecular weight excluding hydrogens is 400 g/mol. The minimum Gasteiger partial charge on any atom is -0.357 e. The first-order chi connectivity index (χ1) is 15.8. The second-order valence-corrected chi connectivity index (χ2v) is 7.59. The Morgan fingerprint density at radius 2 is 1.75 bits per heavy atom. The van der Waals surface area contributed by atoms with Gasteiger partial charge in [0.05, 0.1) is 23.9 Å². The van der Waals surface area contributed by atoms with E-state index in [0.29, 0.717) is 6.54 Å². The number of aryl methyl sites for hydroxylation is 1. The molecule has 8 nitrogen and oxygen atoms in total. The third-order valence-corrected chi connectivity index (χ3v) is 5.32. The van der Waals surface area contributed by atoms with E-state index >= 15 is 0 Å². The highest BCUT2D eigenvalue weighted by Gasteiger charge is 2.04. The number of imidazole rings is 1. The fourth-order valence-corrected chi connectivity index (χ4v) is 3.63. The van der Waals surface area contributed by atoms with Crippen molar-refractivity contribution >= 4 is 17.0 Å². The molecule has 2 aromatic carbocycles. The fraction of sp³-hybridized carbons (Fsp3) is 0.333. The summed E-state index contributed by atoms with van der Waals surface area (Å²) in [7, 11) is 0. The highest BCUT2D eigenvalue weighted by atomic mass is 15.3. The number of nitrogens with one attached hydrogen (secondary N) is 2. The largest absolute Gasteiger partial charge is 0.357 e. The molecule has 0 aliphatic carbocycles. The highest BCUT2D eigenvalue weighted by Crippen LogP contribution is 2.14. The van der Waals surface area contributed by atoms with Gasteiger partial charge in [0.2, 0.25) is 0 Å². The van der Waals surface area contributed by atoms with Crippen LogP contribution >= 0.6 is 0 Å². The monoisotopic (exact) mass is 430 g/mol. The van der Waals surface area contributed by atoms with E-state index in [1.54, 1.807) is 6.33 Å². The quantitative estimate of drug-likeness (QED) is 0.315. The molecule has 0 fully saturated rings. The maximum atomic E-state index is 4.73. The molecule has 0 aliphatic heterocycles. The number of aromatic nitrogens is 5. The zero-order valence-corrected chi connectivity index (χ0v) is 18.7. The molecular formula is C24H30N8. The average Bonchev–Trinajstić information content (AvgIpc) is 3.45. The Bertz CT molecular complexity index is 1160. The standard InChI is InChI=1S/C24H30N8/c1-3-23-30-29-18-31(23)14-13-26-24(25-4-2)27-15-19-9-11-20(12-10-19)16-32-17-28-21-7-5-6-8-22(21)32/h5-12,17-18H,3-4,13-16H2,1-2H3,(H2,25,26,27). The van der Waals surface area contributed by atoms with Gasteiger partial charge in [0.15, 0.2) is 5.96 Å². The van der Waals surface area contributed by atoms with Crippen LogP contribution in [0.3, 0.4) is 0 Å². The Morgan fingerprint density at radius 3 is 2.56 bits per heavy atom. The van der Waals surface area contributed by atoms with Crippen molar-refractivity contribution in [1.82, 2.24) is 34.9 Å². The molecule has 0 unspecified atom stereocenters. The lowest BCUT2D eigenvalue weighted by molar-refractivity contribution is 0.632. The zero-order chi connectivity index (χ0) is 22.2. The predicted molar refractivity (Wildman–Crippen MR) is 127 cm³/mol. The van der Waals surface area contributed by atoms with Gasteiger partial charge in [-0.2, -0.15) is 0 Å². The molecule has 0 aliphatic rings. The highest BCUT2D eigenvalue weighted by molar-refractivity contribution is 5.79. The van der Waals surface area contributed by atoms with Gasteiger partial charge in [0, 0.05) is 32.6 Å². The Labute approximate surface area is 188 Å². The van der Waals surface area contributed by atoms with Gasteiger partial charge in [0.1, 0.15) is 12.2 Å². The second-order valence-electron chi connectivity index (χ2n) is 7.59. The van der Waals surface area contributed by atoms with Crippen LogP contribution in [0.2, 0.25) is 0 Å². The number of guanidine groups is 1. The molecule has 0 amide bonds. The normalized spacial score (nSPS) is 11.8. The molecule has 8 heteroatoms. The van der Waals surface area contributed by atoms with Gasteiger partial charge < -0.3 is 19.8 Å². The van der Waals surface area contributed by atoms with Crippen molar-refractivity contribution in [2.24, 2.45) is 4.99 Å². The van der Waals surface area contributed by atoms with Crippen LogP contribution in [-0.4, -0.2) is 43.4 Å². The molecule has 4 aromatic rings. The van der Waals surface area contributed by atoms with Gasteiger partial charge in [-0.3, -0.25) is 0 Å². The smallest absolute Gasteiger partial charge is 0.191 e. The number of hydrogen-bond acceptors (Lipinski definition) is 4. The minimum atomic E-state index is 0.621. The van der Waals surface area contributed by atoms with Crippen LogP contribution in [0.4, 0.5) is 0 Å². The first-order valence-electron chi connectivity index (χ1n) is 11.1. The summed E-state index contributed by atoms with van der Waals surface area (Å²) in [6.45, 7) is 7.96. The van der Waals surface area contributed by atoms with Gasteiger partial charge in [-0.25, -0.2) is 9.98 Å².